The molecule has 4 heteroatoms. The van der Waals surface area contributed by atoms with Gasteiger partial charge in [-0.1, -0.05) is 41.9 Å². The number of rotatable bonds is 2. The van der Waals surface area contributed by atoms with Crippen LogP contribution in [0.25, 0.3) is 16.8 Å². The zero-order valence-corrected chi connectivity index (χ0v) is 10.1. The smallest absolute Gasteiger partial charge is 0.168 e. The summed E-state index contributed by atoms with van der Waals surface area (Å²) in [6.45, 7) is 0. The highest BCUT2D eigenvalue weighted by atomic mass is 35.5. The summed E-state index contributed by atoms with van der Waals surface area (Å²) in [4.78, 5) is 15.0. The maximum absolute atomic E-state index is 10.8. The molecule has 88 valence electrons. The molecule has 0 radical (unpaired) electrons. The van der Waals surface area contributed by atoms with E-state index in [1.807, 2.05) is 36.4 Å². The van der Waals surface area contributed by atoms with Gasteiger partial charge in [0.05, 0.1) is 11.2 Å². The van der Waals surface area contributed by atoms with Crippen molar-refractivity contribution in [1.82, 2.24) is 9.38 Å². The van der Waals surface area contributed by atoms with Gasteiger partial charge >= 0.3 is 0 Å². The zero-order chi connectivity index (χ0) is 12.5. The molecule has 0 aliphatic carbocycles. The summed E-state index contributed by atoms with van der Waals surface area (Å²) in [5.74, 6) is 0. The van der Waals surface area contributed by atoms with Crippen LogP contribution in [0, 0.1) is 0 Å². The van der Waals surface area contributed by atoms with Crippen molar-refractivity contribution in [3.63, 3.8) is 0 Å². The second-order valence-corrected chi connectivity index (χ2v) is 4.28. The van der Waals surface area contributed by atoms with E-state index >= 15 is 0 Å². The lowest BCUT2D eigenvalue weighted by molar-refractivity contribution is 0.111. The maximum Gasteiger partial charge on any atom is 0.168 e. The number of aldehydes is 1. The number of nitrogens with zero attached hydrogens (tertiary/aromatic N) is 2. The Kier molecular flexibility index (Phi) is 2.61. The third kappa shape index (κ3) is 1.60. The molecule has 0 aliphatic heterocycles. The Morgan fingerprint density at radius 1 is 1.17 bits per heavy atom. The largest absolute Gasteiger partial charge is 0.296 e. The molecule has 2 aromatic heterocycles. The number of pyridine rings is 1. The fourth-order valence-corrected chi connectivity index (χ4v) is 2.28. The number of fused-ring (bicyclic) bond motifs is 1. The predicted octanol–water partition coefficient (Wildman–Crippen LogP) is 3.47. The van der Waals surface area contributed by atoms with Crippen LogP contribution in [0.15, 0.2) is 48.8 Å². The van der Waals surface area contributed by atoms with Gasteiger partial charge in [0.1, 0.15) is 5.69 Å². The first-order chi connectivity index (χ1) is 8.81. The van der Waals surface area contributed by atoms with Crippen molar-refractivity contribution in [3.05, 3.63) is 59.5 Å². The number of carbonyl (C=O) groups excluding carboxylic acids is 1. The Morgan fingerprint density at radius 3 is 2.67 bits per heavy atom. The second kappa shape index (κ2) is 4.27. The van der Waals surface area contributed by atoms with E-state index in [1.165, 1.54) is 6.20 Å². The van der Waals surface area contributed by atoms with Crippen LogP contribution in [0.5, 0.6) is 0 Å². The summed E-state index contributed by atoms with van der Waals surface area (Å²) in [6.07, 6.45) is 4.09. The summed E-state index contributed by atoms with van der Waals surface area (Å²) in [5.41, 5.74) is 3.03. The molecule has 2 heterocycles. The third-order valence-corrected chi connectivity index (χ3v) is 3.23. The van der Waals surface area contributed by atoms with Crippen molar-refractivity contribution in [1.29, 1.82) is 0 Å². The lowest BCUT2D eigenvalue weighted by Gasteiger charge is -2.06. The summed E-state index contributed by atoms with van der Waals surface area (Å²) in [6, 6.07) is 11.7. The molecule has 3 rings (SSSR count). The minimum absolute atomic E-state index is 0.492. The summed E-state index contributed by atoms with van der Waals surface area (Å²) in [5, 5.41) is 0.553. The molecule has 3 nitrogen and oxygen atoms in total. The first-order valence-corrected chi connectivity index (χ1v) is 5.85. The highest BCUT2D eigenvalue weighted by molar-refractivity contribution is 6.36. The van der Waals surface area contributed by atoms with Crippen molar-refractivity contribution in [2.24, 2.45) is 0 Å². The molecular formula is C14H9ClN2O. The van der Waals surface area contributed by atoms with E-state index in [-0.39, 0.29) is 0 Å². The molecule has 18 heavy (non-hydrogen) atoms. The van der Waals surface area contributed by atoms with Crippen LogP contribution in [0.4, 0.5) is 0 Å². The van der Waals surface area contributed by atoms with E-state index in [9.17, 15) is 4.79 Å². The Hall–Kier alpha value is -2.13. The standard InChI is InChI=1S/C14H9ClN2O/c15-13-12(10-4-2-1-3-5-10)6-7-17-11(9-18)8-16-14(13)17/h1-9H. The molecule has 0 aliphatic rings. The van der Waals surface area contributed by atoms with Gasteiger partial charge in [-0.05, 0) is 11.6 Å². The van der Waals surface area contributed by atoms with Gasteiger partial charge in [0.15, 0.2) is 11.9 Å². The minimum atomic E-state index is 0.492. The molecule has 0 fully saturated rings. The van der Waals surface area contributed by atoms with E-state index in [1.54, 1.807) is 10.6 Å². The number of hydrogen-bond acceptors (Lipinski definition) is 2. The molecule has 0 unspecified atom stereocenters. The second-order valence-electron chi connectivity index (χ2n) is 3.90. The normalized spacial score (nSPS) is 10.7. The van der Waals surface area contributed by atoms with Crippen molar-refractivity contribution in [2.75, 3.05) is 0 Å². The quantitative estimate of drug-likeness (QED) is 0.658. The van der Waals surface area contributed by atoms with E-state index in [4.69, 9.17) is 11.6 Å². The lowest BCUT2D eigenvalue weighted by Crippen LogP contribution is -1.92. The van der Waals surface area contributed by atoms with Gasteiger partial charge in [-0.25, -0.2) is 4.98 Å². The lowest BCUT2D eigenvalue weighted by atomic mass is 10.1. The highest BCUT2D eigenvalue weighted by Crippen LogP contribution is 2.30. The summed E-state index contributed by atoms with van der Waals surface area (Å²) < 4.78 is 1.68. The topological polar surface area (TPSA) is 34.4 Å². The number of halogens is 1. The van der Waals surface area contributed by atoms with Gasteiger partial charge in [-0.15, -0.1) is 0 Å². The Balaban J connectivity index is 2.27. The molecule has 0 spiro atoms. The predicted molar refractivity (Wildman–Crippen MR) is 71.0 cm³/mol. The molecule has 0 bridgehead atoms. The SMILES string of the molecule is O=Cc1cnc2c(Cl)c(-c3ccccc3)ccn12. The fraction of sp³-hybridized carbons (Fsp3) is 0. The molecule has 1 aromatic carbocycles. The Labute approximate surface area is 109 Å². The van der Waals surface area contributed by atoms with E-state index in [0.29, 0.717) is 16.4 Å². The van der Waals surface area contributed by atoms with Gasteiger partial charge < -0.3 is 0 Å². The third-order valence-electron chi connectivity index (χ3n) is 2.85. The highest BCUT2D eigenvalue weighted by Gasteiger charge is 2.11. The van der Waals surface area contributed by atoms with Crippen molar-refractivity contribution in [2.45, 2.75) is 0 Å². The maximum atomic E-state index is 10.8. The van der Waals surface area contributed by atoms with Crippen LogP contribution in [0.2, 0.25) is 5.02 Å². The van der Waals surface area contributed by atoms with Crippen molar-refractivity contribution in [3.8, 4) is 11.1 Å². The Morgan fingerprint density at radius 2 is 1.94 bits per heavy atom. The van der Waals surface area contributed by atoms with Gasteiger partial charge in [0, 0.05) is 11.8 Å². The zero-order valence-electron chi connectivity index (χ0n) is 9.38. The molecule has 0 saturated heterocycles. The van der Waals surface area contributed by atoms with E-state index < -0.39 is 0 Å². The number of aromatic nitrogens is 2. The monoisotopic (exact) mass is 256 g/mol. The van der Waals surface area contributed by atoms with Crippen LogP contribution >= 0.6 is 11.6 Å². The van der Waals surface area contributed by atoms with Gasteiger partial charge in [0.25, 0.3) is 0 Å². The Bertz CT molecular complexity index is 719. The molecular weight excluding hydrogens is 248 g/mol. The average molecular weight is 257 g/mol. The van der Waals surface area contributed by atoms with Crippen LogP contribution in [0.3, 0.4) is 0 Å². The molecule has 0 saturated carbocycles. The molecule has 3 aromatic rings. The first-order valence-electron chi connectivity index (χ1n) is 5.47. The number of carbonyl (C=O) groups is 1. The number of benzene rings is 1. The minimum Gasteiger partial charge on any atom is -0.296 e. The van der Waals surface area contributed by atoms with E-state index in [2.05, 4.69) is 4.98 Å². The number of hydrogen-bond donors (Lipinski definition) is 0. The fourth-order valence-electron chi connectivity index (χ4n) is 1.96. The number of imidazole rings is 1. The van der Waals surface area contributed by atoms with Crippen molar-refractivity contribution < 1.29 is 4.79 Å². The van der Waals surface area contributed by atoms with Gasteiger partial charge in [-0.2, -0.15) is 0 Å². The van der Waals surface area contributed by atoms with Crippen LogP contribution < -0.4 is 0 Å². The molecule has 0 atom stereocenters. The van der Waals surface area contributed by atoms with Crippen molar-refractivity contribution >= 4 is 23.5 Å². The molecule has 0 amide bonds. The molecule has 0 N–H and O–H groups in total. The van der Waals surface area contributed by atoms with Crippen LogP contribution in [0.1, 0.15) is 10.5 Å². The van der Waals surface area contributed by atoms with Gasteiger partial charge in [0.2, 0.25) is 0 Å². The first kappa shape index (κ1) is 11.0. The summed E-state index contributed by atoms with van der Waals surface area (Å²) >= 11 is 6.35. The summed E-state index contributed by atoms with van der Waals surface area (Å²) in [7, 11) is 0. The van der Waals surface area contributed by atoms with Crippen LogP contribution in [-0.4, -0.2) is 15.7 Å². The van der Waals surface area contributed by atoms with Crippen LogP contribution in [-0.2, 0) is 0 Å². The van der Waals surface area contributed by atoms with E-state index in [0.717, 1.165) is 17.4 Å². The average Bonchev–Trinajstić information content (AvgIpc) is 2.84. The van der Waals surface area contributed by atoms with Gasteiger partial charge in [-0.3, -0.25) is 9.20 Å².